The predicted octanol–water partition coefficient (Wildman–Crippen LogP) is 3.45. The van der Waals surface area contributed by atoms with Crippen molar-refractivity contribution in [1.29, 1.82) is 0 Å². The highest BCUT2D eigenvalue weighted by Gasteiger charge is 2.44. The number of ether oxygens (including phenoxy) is 1. The smallest absolute Gasteiger partial charge is 0.165 e. The Morgan fingerprint density at radius 3 is 2.64 bits per heavy atom. The van der Waals surface area contributed by atoms with Crippen LogP contribution in [0.1, 0.15) is 17.7 Å². The van der Waals surface area contributed by atoms with Crippen LogP contribution in [0.25, 0.3) is 0 Å². The standard InChI is InChI=1S/C19H21BrFN3O/c1-25-19-5-2-13(6-18(19)21)9-24-16-7-17(24)12-23(11-16)10-15-4-3-14(20)8-22-15/h2-6,8,16-17H,7,9-12H2,1H3. The quantitative estimate of drug-likeness (QED) is 0.761. The summed E-state index contributed by atoms with van der Waals surface area (Å²) in [5.41, 5.74) is 2.12. The molecule has 2 atom stereocenters. The van der Waals surface area contributed by atoms with Crippen molar-refractivity contribution >= 4 is 15.9 Å². The van der Waals surface area contributed by atoms with Crippen LogP contribution in [0.2, 0.25) is 0 Å². The molecular formula is C19H21BrFN3O. The molecule has 5 rings (SSSR count). The third kappa shape index (κ3) is 3.57. The number of hydrogen-bond acceptors (Lipinski definition) is 4. The molecule has 132 valence electrons. The Hall–Kier alpha value is -1.50. The Bertz CT molecular complexity index is 743. The van der Waals surface area contributed by atoms with E-state index < -0.39 is 0 Å². The molecule has 25 heavy (non-hydrogen) atoms. The van der Waals surface area contributed by atoms with Crippen LogP contribution in [-0.2, 0) is 13.1 Å². The molecule has 2 bridgehead atoms. The van der Waals surface area contributed by atoms with Crippen LogP contribution in [0.5, 0.6) is 5.75 Å². The summed E-state index contributed by atoms with van der Waals surface area (Å²) in [5.74, 6) is 0.0225. The lowest BCUT2D eigenvalue weighted by molar-refractivity contribution is -0.0777. The van der Waals surface area contributed by atoms with Gasteiger partial charge in [-0.3, -0.25) is 14.8 Å². The van der Waals surface area contributed by atoms with E-state index in [1.165, 1.54) is 13.5 Å². The van der Waals surface area contributed by atoms with E-state index in [-0.39, 0.29) is 5.82 Å². The van der Waals surface area contributed by atoms with E-state index in [2.05, 4.69) is 36.8 Å². The van der Waals surface area contributed by atoms with E-state index in [0.29, 0.717) is 17.8 Å². The highest BCUT2D eigenvalue weighted by molar-refractivity contribution is 9.10. The third-order valence-corrected chi connectivity index (χ3v) is 5.64. The van der Waals surface area contributed by atoms with Crippen molar-refractivity contribution in [2.24, 2.45) is 0 Å². The van der Waals surface area contributed by atoms with E-state index in [9.17, 15) is 4.39 Å². The molecule has 4 heterocycles. The van der Waals surface area contributed by atoms with Gasteiger partial charge in [0.25, 0.3) is 0 Å². The van der Waals surface area contributed by atoms with Crippen molar-refractivity contribution in [2.45, 2.75) is 31.6 Å². The van der Waals surface area contributed by atoms with Gasteiger partial charge >= 0.3 is 0 Å². The average molecular weight is 406 g/mol. The van der Waals surface area contributed by atoms with E-state index in [4.69, 9.17) is 4.74 Å². The van der Waals surface area contributed by atoms with Gasteiger partial charge in [-0.25, -0.2) is 4.39 Å². The Kier molecular flexibility index (Phi) is 4.75. The SMILES string of the molecule is COc1ccc(CN2C3CC2CN(Cc2ccc(Br)cn2)C3)cc1F. The van der Waals surface area contributed by atoms with Gasteiger partial charge in [-0.15, -0.1) is 0 Å². The molecule has 0 amide bonds. The largest absolute Gasteiger partial charge is 0.494 e. The number of methoxy groups -OCH3 is 1. The maximum atomic E-state index is 13.9. The molecule has 0 saturated carbocycles. The minimum atomic E-state index is -0.284. The molecule has 6 heteroatoms. The summed E-state index contributed by atoms with van der Waals surface area (Å²) in [4.78, 5) is 9.43. The van der Waals surface area contributed by atoms with Gasteiger partial charge in [-0.1, -0.05) is 6.07 Å². The van der Waals surface area contributed by atoms with Gasteiger partial charge in [0.05, 0.1) is 12.8 Å². The van der Waals surface area contributed by atoms with Crippen LogP contribution in [0.15, 0.2) is 41.0 Å². The van der Waals surface area contributed by atoms with Crippen LogP contribution < -0.4 is 4.74 Å². The minimum absolute atomic E-state index is 0.284. The summed E-state index contributed by atoms with van der Waals surface area (Å²) < 4.78 is 19.9. The maximum absolute atomic E-state index is 13.9. The molecule has 2 unspecified atom stereocenters. The number of fused-ring (bicyclic) bond motifs is 2. The summed E-state index contributed by atoms with van der Waals surface area (Å²) in [5, 5.41) is 0. The molecule has 3 aliphatic heterocycles. The monoisotopic (exact) mass is 405 g/mol. The van der Waals surface area contributed by atoms with Crippen molar-refractivity contribution in [1.82, 2.24) is 14.8 Å². The molecule has 0 aliphatic carbocycles. The molecule has 1 aromatic carbocycles. The molecule has 3 saturated heterocycles. The number of rotatable bonds is 5. The van der Waals surface area contributed by atoms with Gasteiger partial charge < -0.3 is 4.74 Å². The molecule has 4 nitrogen and oxygen atoms in total. The number of piperidine rings is 1. The second-order valence-corrected chi connectivity index (χ2v) is 7.76. The third-order valence-electron chi connectivity index (χ3n) is 5.18. The Morgan fingerprint density at radius 1 is 1.20 bits per heavy atom. The molecule has 3 fully saturated rings. The fraction of sp³-hybridized carbons (Fsp3) is 0.421. The number of aromatic nitrogens is 1. The number of halogens is 2. The van der Waals surface area contributed by atoms with Crippen LogP contribution in [0, 0.1) is 5.82 Å². The second kappa shape index (κ2) is 7.02. The highest BCUT2D eigenvalue weighted by Crippen LogP contribution is 2.34. The van der Waals surface area contributed by atoms with Crippen LogP contribution in [0.4, 0.5) is 4.39 Å². The first-order valence-corrected chi connectivity index (χ1v) is 9.32. The van der Waals surface area contributed by atoms with Crippen molar-refractivity contribution in [3.05, 3.63) is 58.1 Å². The first kappa shape index (κ1) is 16.9. The van der Waals surface area contributed by atoms with Crippen molar-refractivity contribution in [2.75, 3.05) is 20.2 Å². The normalized spacial score (nSPS) is 23.3. The number of benzene rings is 1. The van der Waals surface area contributed by atoms with Gasteiger partial charge in [0, 0.05) is 48.9 Å². The fourth-order valence-corrected chi connectivity index (χ4v) is 4.14. The van der Waals surface area contributed by atoms with Gasteiger partial charge in [0.2, 0.25) is 0 Å². The van der Waals surface area contributed by atoms with Crippen molar-refractivity contribution in [3.63, 3.8) is 0 Å². The highest BCUT2D eigenvalue weighted by atomic mass is 79.9. The molecule has 0 radical (unpaired) electrons. The number of pyridine rings is 1. The number of piperazine rings is 1. The van der Waals surface area contributed by atoms with E-state index >= 15 is 0 Å². The lowest BCUT2D eigenvalue weighted by Crippen LogP contribution is -2.67. The summed E-state index contributed by atoms with van der Waals surface area (Å²) >= 11 is 3.42. The minimum Gasteiger partial charge on any atom is -0.494 e. The number of hydrogen-bond donors (Lipinski definition) is 0. The van der Waals surface area contributed by atoms with Crippen LogP contribution in [-0.4, -0.2) is 47.1 Å². The molecule has 2 aromatic rings. The Morgan fingerprint density at radius 2 is 2.00 bits per heavy atom. The lowest BCUT2D eigenvalue weighted by Gasteiger charge is -2.56. The maximum Gasteiger partial charge on any atom is 0.165 e. The zero-order valence-electron chi connectivity index (χ0n) is 14.2. The molecule has 0 spiro atoms. The second-order valence-electron chi connectivity index (χ2n) is 6.85. The first-order chi connectivity index (χ1) is 12.1. The van der Waals surface area contributed by atoms with E-state index in [0.717, 1.165) is 41.9 Å². The summed E-state index contributed by atoms with van der Waals surface area (Å²) in [7, 11) is 1.49. The average Bonchev–Trinajstić information content (AvgIpc) is 2.62. The fourth-order valence-electron chi connectivity index (χ4n) is 3.91. The van der Waals surface area contributed by atoms with Crippen molar-refractivity contribution in [3.8, 4) is 5.75 Å². The van der Waals surface area contributed by atoms with E-state index in [1.807, 2.05) is 18.3 Å². The summed E-state index contributed by atoms with van der Waals surface area (Å²) in [6.07, 6.45) is 3.09. The molecule has 0 N–H and O–H groups in total. The van der Waals surface area contributed by atoms with E-state index in [1.54, 1.807) is 12.1 Å². The molecule has 1 aromatic heterocycles. The van der Waals surface area contributed by atoms with Gasteiger partial charge in [-0.2, -0.15) is 0 Å². The van der Waals surface area contributed by atoms with Gasteiger partial charge in [-0.05, 0) is 52.2 Å². The Labute approximate surface area is 155 Å². The lowest BCUT2D eigenvalue weighted by atomic mass is 9.86. The van der Waals surface area contributed by atoms with Gasteiger partial charge in [0.15, 0.2) is 11.6 Å². The summed E-state index contributed by atoms with van der Waals surface area (Å²) in [6.45, 7) is 3.80. The number of nitrogens with zero attached hydrogens (tertiary/aromatic N) is 3. The predicted molar refractivity (Wildman–Crippen MR) is 97.9 cm³/mol. The van der Waals surface area contributed by atoms with Crippen LogP contribution >= 0.6 is 15.9 Å². The zero-order valence-corrected chi connectivity index (χ0v) is 15.7. The molecule has 3 aliphatic rings. The Balaban J connectivity index is 1.35. The zero-order chi connectivity index (χ0) is 17.4. The van der Waals surface area contributed by atoms with Crippen LogP contribution in [0.3, 0.4) is 0 Å². The van der Waals surface area contributed by atoms with Crippen molar-refractivity contribution < 1.29 is 9.13 Å². The summed E-state index contributed by atoms with van der Waals surface area (Å²) in [6, 6.07) is 10.5. The van der Waals surface area contributed by atoms with Gasteiger partial charge in [0.1, 0.15) is 0 Å². The topological polar surface area (TPSA) is 28.6 Å². The molecular weight excluding hydrogens is 385 g/mol. The first-order valence-electron chi connectivity index (χ1n) is 8.53.